The van der Waals surface area contributed by atoms with E-state index in [1.54, 1.807) is 18.5 Å². The molecule has 1 aliphatic rings. The SMILES string of the molecule is CCn1nc2c(c1C(=O)NCc1ccc(C(C)(C)O)cc1)C[C@H](C)O[C@@H]2C. The fourth-order valence-corrected chi connectivity index (χ4v) is 3.57. The number of carbonyl (C=O) groups excluding carboxylic acids is 1. The van der Waals surface area contributed by atoms with Gasteiger partial charge in [0.05, 0.1) is 23.5 Å². The highest BCUT2D eigenvalue weighted by Crippen LogP contribution is 2.31. The van der Waals surface area contributed by atoms with Gasteiger partial charge < -0.3 is 15.2 Å². The van der Waals surface area contributed by atoms with Crippen molar-refractivity contribution in [1.29, 1.82) is 0 Å². The van der Waals surface area contributed by atoms with Crippen molar-refractivity contribution >= 4 is 5.91 Å². The Morgan fingerprint density at radius 2 is 2.00 bits per heavy atom. The summed E-state index contributed by atoms with van der Waals surface area (Å²) < 4.78 is 7.62. The van der Waals surface area contributed by atoms with Crippen molar-refractivity contribution in [1.82, 2.24) is 15.1 Å². The third kappa shape index (κ3) is 4.06. The molecule has 3 rings (SSSR count). The molecule has 0 radical (unpaired) electrons. The molecule has 2 atom stereocenters. The normalized spacial score (nSPS) is 19.6. The first-order valence-corrected chi connectivity index (χ1v) is 9.55. The van der Waals surface area contributed by atoms with Gasteiger partial charge in [-0.1, -0.05) is 24.3 Å². The highest BCUT2D eigenvalue weighted by atomic mass is 16.5. The molecule has 0 saturated heterocycles. The number of ether oxygens (including phenoxy) is 1. The Morgan fingerprint density at radius 3 is 2.59 bits per heavy atom. The summed E-state index contributed by atoms with van der Waals surface area (Å²) in [6, 6.07) is 7.64. The van der Waals surface area contributed by atoms with E-state index in [2.05, 4.69) is 10.4 Å². The molecule has 0 unspecified atom stereocenters. The van der Waals surface area contributed by atoms with Crippen LogP contribution in [0.4, 0.5) is 0 Å². The van der Waals surface area contributed by atoms with E-state index in [9.17, 15) is 9.90 Å². The topological polar surface area (TPSA) is 76.4 Å². The number of nitrogens with one attached hydrogen (secondary N) is 1. The second kappa shape index (κ2) is 7.44. The number of aromatic nitrogens is 2. The van der Waals surface area contributed by atoms with Crippen LogP contribution in [0.25, 0.3) is 0 Å². The Hall–Kier alpha value is -2.18. The first-order chi connectivity index (χ1) is 12.7. The van der Waals surface area contributed by atoms with E-state index in [-0.39, 0.29) is 18.1 Å². The van der Waals surface area contributed by atoms with Gasteiger partial charge in [0, 0.05) is 25.1 Å². The summed E-state index contributed by atoms with van der Waals surface area (Å²) in [6.45, 7) is 10.6. The Balaban J connectivity index is 1.77. The number of hydrogen-bond acceptors (Lipinski definition) is 4. The van der Waals surface area contributed by atoms with Crippen LogP contribution < -0.4 is 5.32 Å². The Morgan fingerprint density at radius 1 is 1.33 bits per heavy atom. The maximum atomic E-state index is 12.9. The summed E-state index contributed by atoms with van der Waals surface area (Å²) in [4.78, 5) is 12.9. The number of carbonyl (C=O) groups is 1. The zero-order chi connectivity index (χ0) is 19.8. The van der Waals surface area contributed by atoms with Crippen LogP contribution in [0.3, 0.4) is 0 Å². The second-order valence-electron chi connectivity index (χ2n) is 7.76. The molecule has 1 amide bonds. The second-order valence-corrected chi connectivity index (χ2v) is 7.76. The van der Waals surface area contributed by atoms with Gasteiger partial charge in [0.15, 0.2) is 0 Å². The molecule has 2 N–H and O–H groups in total. The number of hydrogen-bond donors (Lipinski definition) is 2. The molecular formula is C21H29N3O3. The summed E-state index contributed by atoms with van der Waals surface area (Å²) in [5.74, 6) is -0.113. The number of benzene rings is 1. The van der Waals surface area contributed by atoms with Gasteiger partial charge >= 0.3 is 0 Å². The number of aliphatic hydroxyl groups is 1. The minimum Gasteiger partial charge on any atom is -0.386 e. The van der Waals surface area contributed by atoms with Gasteiger partial charge in [0.25, 0.3) is 5.91 Å². The highest BCUT2D eigenvalue weighted by Gasteiger charge is 2.31. The van der Waals surface area contributed by atoms with Gasteiger partial charge in [-0.05, 0) is 45.7 Å². The largest absolute Gasteiger partial charge is 0.386 e. The van der Waals surface area contributed by atoms with Crippen molar-refractivity contribution in [2.45, 2.75) is 71.9 Å². The fraction of sp³-hybridized carbons (Fsp3) is 0.524. The van der Waals surface area contributed by atoms with Crippen molar-refractivity contribution in [2.24, 2.45) is 0 Å². The Labute approximate surface area is 160 Å². The molecule has 27 heavy (non-hydrogen) atoms. The first kappa shape index (κ1) is 19.6. The van der Waals surface area contributed by atoms with Gasteiger partial charge in [-0.3, -0.25) is 9.48 Å². The van der Waals surface area contributed by atoms with Crippen LogP contribution in [-0.4, -0.2) is 26.9 Å². The first-order valence-electron chi connectivity index (χ1n) is 9.55. The summed E-state index contributed by atoms with van der Waals surface area (Å²) >= 11 is 0. The smallest absolute Gasteiger partial charge is 0.270 e. The van der Waals surface area contributed by atoms with E-state index < -0.39 is 5.60 Å². The highest BCUT2D eigenvalue weighted by molar-refractivity contribution is 5.94. The predicted octanol–water partition coefficient (Wildman–Crippen LogP) is 3.08. The summed E-state index contributed by atoms with van der Waals surface area (Å²) in [7, 11) is 0. The van der Waals surface area contributed by atoms with E-state index in [4.69, 9.17) is 4.74 Å². The van der Waals surface area contributed by atoms with Crippen molar-refractivity contribution in [3.63, 3.8) is 0 Å². The lowest BCUT2D eigenvalue weighted by Gasteiger charge is -2.24. The third-order valence-electron chi connectivity index (χ3n) is 5.02. The average molecular weight is 371 g/mol. The molecule has 2 heterocycles. The average Bonchev–Trinajstić information content (AvgIpc) is 2.98. The molecule has 0 spiro atoms. The lowest BCUT2D eigenvalue weighted by molar-refractivity contribution is -0.00712. The molecule has 6 heteroatoms. The summed E-state index contributed by atoms with van der Waals surface area (Å²) in [5.41, 5.74) is 3.47. The maximum absolute atomic E-state index is 12.9. The van der Waals surface area contributed by atoms with Crippen molar-refractivity contribution < 1.29 is 14.6 Å². The minimum absolute atomic E-state index is 0.0722. The van der Waals surface area contributed by atoms with Crippen molar-refractivity contribution in [2.75, 3.05) is 0 Å². The van der Waals surface area contributed by atoms with Gasteiger partial charge in [-0.2, -0.15) is 5.10 Å². The predicted molar refractivity (Wildman–Crippen MR) is 103 cm³/mol. The maximum Gasteiger partial charge on any atom is 0.270 e. The van der Waals surface area contributed by atoms with Crippen molar-refractivity contribution in [3.05, 3.63) is 52.3 Å². The van der Waals surface area contributed by atoms with Crippen molar-refractivity contribution in [3.8, 4) is 0 Å². The molecule has 0 bridgehead atoms. The van der Waals surface area contributed by atoms with Gasteiger partial charge in [0.1, 0.15) is 5.69 Å². The molecule has 1 aliphatic heterocycles. The molecule has 6 nitrogen and oxygen atoms in total. The quantitative estimate of drug-likeness (QED) is 0.847. The minimum atomic E-state index is -0.871. The number of amides is 1. The molecular weight excluding hydrogens is 342 g/mol. The van der Waals surface area contributed by atoms with Gasteiger partial charge in [0.2, 0.25) is 0 Å². The lowest BCUT2D eigenvalue weighted by Crippen LogP contribution is -2.28. The lowest BCUT2D eigenvalue weighted by atomic mass is 9.97. The number of fused-ring (bicyclic) bond motifs is 1. The number of aryl methyl sites for hydroxylation is 1. The van der Waals surface area contributed by atoms with Crippen LogP contribution in [0.2, 0.25) is 0 Å². The molecule has 0 saturated carbocycles. The molecule has 1 aromatic heterocycles. The summed E-state index contributed by atoms with van der Waals surface area (Å²) in [5, 5.41) is 17.7. The van der Waals surface area contributed by atoms with Crippen LogP contribution in [0.1, 0.15) is 73.6 Å². The number of rotatable bonds is 5. The van der Waals surface area contributed by atoms with Crippen LogP contribution in [0, 0.1) is 0 Å². The standard InChI is InChI=1S/C21H29N3O3/c1-6-24-19(17-11-13(2)27-14(3)18(17)23-24)20(25)22-12-15-7-9-16(10-8-15)21(4,5)26/h7-10,13-14,26H,6,11-12H2,1-5H3,(H,22,25)/t13-,14+/m0/s1. The van der Waals surface area contributed by atoms with E-state index in [0.29, 0.717) is 25.2 Å². The molecule has 1 aromatic carbocycles. The van der Waals surface area contributed by atoms with E-state index in [1.165, 1.54) is 0 Å². The summed E-state index contributed by atoms with van der Waals surface area (Å²) in [6.07, 6.45) is 0.670. The van der Waals surface area contributed by atoms with Gasteiger partial charge in [-0.15, -0.1) is 0 Å². The van der Waals surface area contributed by atoms with Crippen LogP contribution in [0.5, 0.6) is 0 Å². The molecule has 146 valence electrons. The zero-order valence-corrected chi connectivity index (χ0v) is 16.7. The van der Waals surface area contributed by atoms with Gasteiger partial charge in [-0.25, -0.2) is 0 Å². The molecule has 0 aliphatic carbocycles. The van der Waals surface area contributed by atoms with E-state index in [0.717, 1.165) is 22.4 Å². The van der Waals surface area contributed by atoms with Crippen LogP contribution >= 0.6 is 0 Å². The molecule has 0 fully saturated rings. The Kier molecular flexibility index (Phi) is 5.40. The fourth-order valence-electron chi connectivity index (χ4n) is 3.57. The number of nitrogens with zero attached hydrogens (tertiary/aromatic N) is 2. The van der Waals surface area contributed by atoms with Crippen LogP contribution in [0.15, 0.2) is 24.3 Å². The Bertz CT molecular complexity index is 818. The van der Waals surface area contributed by atoms with E-state index >= 15 is 0 Å². The monoisotopic (exact) mass is 371 g/mol. The zero-order valence-electron chi connectivity index (χ0n) is 16.7. The van der Waals surface area contributed by atoms with E-state index in [1.807, 2.05) is 45.0 Å². The van der Waals surface area contributed by atoms with Crippen LogP contribution in [-0.2, 0) is 29.8 Å². The third-order valence-corrected chi connectivity index (χ3v) is 5.02. The molecule has 2 aromatic rings.